The second kappa shape index (κ2) is 4.83. The van der Waals surface area contributed by atoms with Gasteiger partial charge in [-0.1, -0.05) is 32.6 Å². The van der Waals surface area contributed by atoms with E-state index in [9.17, 15) is 9.59 Å². The van der Waals surface area contributed by atoms with Crippen molar-refractivity contribution in [3.63, 3.8) is 0 Å². The number of hydrogen-bond donors (Lipinski definition) is 1. The molecule has 112 valence electrons. The van der Waals surface area contributed by atoms with Gasteiger partial charge in [0.1, 0.15) is 0 Å². The molecule has 2 amide bonds. The Bertz CT molecular complexity index is 428. The minimum absolute atomic E-state index is 0.0384. The third kappa shape index (κ3) is 1.92. The molecule has 0 aromatic rings. The normalized spacial score (nSPS) is 37.1. The zero-order chi connectivity index (χ0) is 14.4. The first-order chi connectivity index (χ1) is 9.53. The van der Waals surface area contributed by atoms with Crippen LogP contribution in [-0.2, 0) is 9.59 Å². The highest BCUT2D eigenvalue weighted by molar-refractivity contribution is 6.06. The third-order valence-corrected chi connectivity index (χ3v) is 5.88. The number of nitrogens with zero attached hydrogens (tertiary/aromatic N) is 1. The molecule has 0 radical (unpaired) electrons. The molecule has 2 N–H and O–H groups in total. The van der Waals surface area contributed by atoms with Crippen LogP contribution in [0.2, 0.25) is 0 Å². The largest absolute Gasteiger partial charge is 0.328 e. The van der Waals surface area contributed by atoms with Gasteiger partial charge in [-0.15, -0.1) is 0 Å². The molecule has 2 atom stereocenters. The van der Waals surface area contributed by atoms with E-state index in [0.29, 0.717) is 18.9 Å². The number of amides is 2. The average Bonchev–Trinajstić information content (AvgIpc) is 2.97. The fourth-order valence-corrected chi connectivity index (χ4v) is 4.83. The summed E-state index contributed by atoms with van der Waals surface area (Å²) in [6, 6.07) is 0. The Labute approximate surface area is 121 Å². The van der Waals surface area contributed by atoms with Gasteiger partial charge in [0.05, 0.1) is 11.0 Å². The third-order valence-electron chi connectivity index (χ3n) is 5.88. The summed E-state index contributed by atoms with van der Waals surface area (Å²) < 4.78 is 0. The van der Waals surface area contributed by atoms with Crippen molar-refractivity contribution in [1.29, 1.82) is 0 Å². The van der Waals surface area contributed by atoms with Crippen molar-refractivity contribution in [2.45, 2.75) is 70.3 Å². The number of nitrogens with two attached hydrogens (primary N) is 1. The second-order valence-corrected chi connectivity index (χ2v) is 7.33. The molecule has 4 nitrogen and oxygen atoms in total. The molecule has 0 aromatic heterocycles. The number of rotatable bonds is 2. The Balaban J connectivity index is 1.91. The van der Waals surface area contributed by atoms with Gasteiger partial charge in [0.15, 0.2) is 0 Å². The lowest BCUT2D eigenvalue weighted by molar-refractivity contribution is -0.150. The van der Waals surface area contributed by atoms with Gasteiger partial charge < -0.3 is 5.73 Å². The summed E-state index contributed by atoms with van der Waals surface area (Å²) in [6.45, 7) is 2.63. The van der Waals surface area contributed by atoms with E-state index in [2.05, 4.69) is 6.92 Å². The SMILES string of the molecule is CC1CCCC(CN)(N2C(=O)CC3(CCCC3)C2=O)C1. The van der Waals surface area contributed by atoms with Crippen LogP contribution in [0.5, 0.6) is 0 Å². The number of carbonyl (C=O) groups excluding carboxylic acids is 2. The van der Waals surface area contributed by atoms with E-state index in [0.717, 1.165) is 44.9 Å². The van der Waals surface area contributed by atoms with Crippen molar-refractivity contribution in [1.82, 2.24) is 4.90 Å². The van der Waals surface area contributed by atoms with Crippen molar-refractivity contribution in [3.05, 3.63) is 0 Å². The molecule has 20 heavy (non-hydrogen) atoms. The quantitative estimate of drug-likeness (QED) is 0.788. The van der Waals surface area contributed by atoms with E-state index < -0.39 is 5.54 Å². The maximum Gasteiger partial charge on any atom is 0.236 e. The number of imide groups is 1. The van der Waals surface area contributed by atoms with Crippen LogP contribution >= 0.6 is 0 Å². The second-order valence-electron chi connectivity index (χ2n) is 7.33. The van der Waals surface area contributed by atoms with Crippen molar-refractivity contribution in [2.75, 3.05) is 6.54 Å². The topological polar surface area (TPSA) is 63.4 Å². The molecule has 3 fully saturated rings. The van der Waals surface area contributed by atoms with Gasteiger partial charge in [-0.2, -0.15) is 0 Å². The monoisotopic (exact) mass is 278 g/mol. The first kappa shape index (κ1) is 14.1. The highest BCUT2D eigenvalue weighted by Crippen LogP contribution is 2.50. The van der Waals surface area contributed by atoms with Crippen molar-refractivity contribution < 1.29 is 9.59 Å². The lowest BCUT2D eigenvalue weighted by Gasteiger charge is -2.45. The summed E-state index contributed by atoms with van der Waals surface area (Å²) in [4.78, 5) is 27.1. The summed E-state index contributed by atoms with van der Waals surface area (Å²) in [6.07, 6.45) is 8.41. The minimum Gasteiger partial charge on any atom is -0.328 e. The molecule has 0 bridgehead atoms. The standard InChI is InChI=1S/C16H26N2O2/c1-12-5-4-8-16(9-12,11-17)18-13(19)10-15(14(18)20)6-2-3-7-15/h12H,2-11,17H2,1H3. The molecule has 2 saturated carbocycles. The molecule has 3 aliphatic rings. The Hall–Kier alpha value is -0.900. The maximum absolute atomic E-state index is 13.0. The first-order valence-electron chi connectivity index (χ1n) is 8.11. The van der Waals surface area contributed by atoms with Crippen LogP contribution in [0.1, 0.15) is 64.7 Å². The maximum atomic E-state index is 13.0. The molecular weight excluding hydrogens is 252 g/mol. The zero-order valence-corrected chi connectivity index (χ0v) is 12.5. The van der Waals surface area contributed by atoms with E-state index in [4.69, 9.17) is 5.73 Å². The highest BCUT2D eigenvalue weighted by atomic mass is 16.2. The first-order valence-corrected chi connectivity index (χ1v) is 8.11. The lowest BCUT2D eigenvalue weighted by atomic mass is 9.75. The smallest absolute Gasteiger partial charge is 0.236 e. The minimum atomic E-state index is -0.391. The van der Waals surface area contributed by atoms with Gasteiger partial charge in [0, 0.05) is 13.0 Å². The molecule has 2 aliphatic carbocycles. The molecule has 1 saturated heterocycles. The molecule has 3 rings (SSSR count). The molecule has 0 aromatic carbocycles. The lowest BCUT2D eigenvalue weighted by Crippen LogP contribution is -2.59. The molecule has 2 unspecified atom stereocenters. The molecule has 4 heteroatoms. The van der Waals surface area contributed by atoms with Gasteiger partial charge in [-0.3, -0.25) is 14.5 Å². The van der Waals surface area contributed by atoms with Gasteiger partial charge in [-0.05, 0) is 31.6 Å². The predicted octanol–water partition coefficient (Wildman–Crippen LogP) is 2.21. The number of carbonyl (C=O) groups is 2. The van der Waals surface area contributed by atoms with E-state index in [-0.39, 0.29) is 17.2 Å². The van der Waals surface area contributed by atoms with Crippen molar-refractivity contribution in [3.8, 4) is 0 Å². The van der Waals surface area contributed by atoms with Gasteiger partial charge >= 0.3 is 0 Å². The molecular formula is C16H26N2O2. The van der Waals surface area contributed by atoms with E-state index >= 15 is 0 Å². The van der Waals surface area contributed by atoms with E-state index in [1.807, 2.05) is 0 Å². The summed E-state index contributed by atoms with van der Waals surface area (Å²) in [5.41, 5.74) is 5.29. The van der Waals surface area contributed by atoms with Crippen LogP contribution in [0.25, 0.3) is 0 Å². The number of likely N-dealkylation sites (tertiary alicyclic amines) is 1. The van der Waals surface area contributed by atoms with Gasteiger partial charge in [0.2, 0.25) is 11.8 Å². The fourth-order valence-electron chi connectivity index (χ4n) is 4.83. The van der Waals surface area contributed by atoms with Crippen LogP contribution < -0.4 is 5.73 Å². The molecule has 1 spiro atoms. The average molecular weight is 278 g/mol. The Kier molecular flexibility index (Phi) is 3.39. The van der Waals surface area contributed by atoms with Gasteiger partial charge in [0.25, 0.3) is 0 Å². The van der Waals surface area contributed by atoms with Crippen LogP contribution in [0.3, 0.4) is 0 Å². The summed E-state index contributed by atoms with van der Waals surface area (Å²) >= 11 is 0. The highest BCUT2D eigenvalue weighted by Gasteiger charge is 2.58. The summed E-state index contributed by atoms with van der Waals surface area (Å²) in [5, 5.41) is 0. The summed E-state index contributed by atoms with van der Waals surface area (Å²) in [5.74, 6) is 0.684. The molecule has 1 heterocycles. The number of hydrogen-bond acceptors (Lipinski definition) is 3. The molecule has 1 aliphatic heterocycles. The van der Waals surface area contributed by atoms with Gasteiger partial charge in [-0.25, -0.2) is 0 Å². The Morgan fingerprint density at radius 1 is 1.20 bits per heavy atom. The fraction of sp³-hybridized carbons (Fsp3) is 0.875. The van der Waals surface area contributed by atoms with Crippen LogP contribution in [0.4, 0.5) is 0 Å². The Morgan fingerprint density at radius 2 is 1.90 bits per heavy atom. The zero-order valence-electron chi connectivity index (χ0n) is 12.5. The van der Waals surface area contributed by atoms with E-state index in [1.165, 1.54) is 6.42 Å². The summed E-state index contributed by atoms with van der Waals surface area (Å²) in [7, 11) is 0. The van der Waals surface area contributed by atoms with Crippen LogP contribution in [0.15, 0.2) is 0 Å². The van der Waals surface area contributed by atoms with Crippen molar-refractivity contribution >= 4 is 11.8 Å². The van der Waals surface area contributed by atoms with Crippen molar-refractivity contribution in [2.24, 2.45) is 17.1 Å². The Morgan fingerprint density at radius 3 is 2.50 bits per heavy atom. The van der Waals surface area contributed by atoms with E-state index in [1.54, 1.807) is 4.90 Å². The van der Waals surface area contributed by atoms with Crippen LogP contribution in [-0.4, -0.2) is 28.8 Å². The predicted molar refractivity (Wildman–Crippen MR) is 76.8 cm³/mol. The van der Waals surface area contributed by atoms with Crippen LogP contribution in [0, 0.1) is 11.3 Å².